The van der Waals surface area contributed by atoms with E-state index in [0.29, 0.717) is 17.1 Å². The molecule has 112 valence electrons. The Bertz CT molecular complexity index is 682. The summed E-state index contributed by atoms with van der Waals surface area (Å²) in [6, 6.07) is 5.08. The average molecular weight is 353 g/mol. The smallest absolute Gasteiger partial charge is 0.246 e. The molecule has 0 bridgehead atoms. The molecule has 6 nitrogen and oxygen atoms in total. The molecule has 3 N–H and O–H groups in total. The molecule has 0 aliphatic carbocycles. The number of amides is 1. The van der Waals surface area contributed by atoms with Gasteiger partial charge >= 0.3 is 0 Å². The van der Waals surface area contributed by atoms with E-state index in [1.165, 1.54) is 7.11 Å². The number of rotatable bonds is 4. The van der Waals surface area contributed by atoms with Gasteiger partial charge in [-0.3, -0.25) is 9.48 Å². The highest BCUT2D eigenvalue weighted by atomic mass is 79.9. The Labute approximate surface area is 131 Å². The molecule has 0 radical (unpaired) electrons. The van der Waals surface area contributed by atoms with Crippen LogP contribution in [0.1, 0.15) is 11.4 Å². The normalized spacial score (nSPS) is 10.5. The van der Waals surface area contributed by atoms with Crippen molar-refractivity contribution in [2.24, 2.45) is 0 Å². The van der Waals surface area contributed by atoms with Crippen molar-refractivity contribution in [1.29, 1.82) is 0 Å². The third kappa shape index (κ3) is 3.36. The summed E-state index contributed by atoms with van der Waals surface area (Å²) >= 11 is 3.44. The minimum Gasteiger partial charge on any atom is -0.494 e. The third-order valence-corrected chi connectivity index (χ3v) is 4.23. The first kappa shape index (κ1) is 15.4. The van der Waals surface area contributed by atoms with Crippen molar-refractivity contribution in [3.63, 3.8) is 0 Å². The Kier molecular flexibility index (Phi) is 4.52. The fraction of sp³-hybridized carbons (Fsp3) is 0.286. The highest BCUT2D eigenvalue weighted by molar-refractivity contribution is 9.10. The van der Waals surface area contributed by atoms with Gasteiger partial charge in [-0.2, -0.15) is 5.10 Å². The highest BCUT2D eigenvalue weighted by Crippen LogP contribution is 2.26. The second-order valence-electron chi connectivity index (χ2n) is 4.65. The molecule has 0 saturated heterocycles. The number of benzene rings is 1. The first-order valence-electron chi connectivity index (χ1n) is 6.35. The summed E-state index contributed by atoms with van der Waals surface area (Å²) in [4.78, 5) is 12.1. The van der Waals surface area contributed by atoms with E-state index in [0.717, 1.165) is 15.9 Å². The van der Waals surface area contributed by atoms with E-state index in [-0.39, 0.29) is 12.5 Å². The lowest BCUT2D eigenvalue weighted by Gasteiger charge is -2.11. The lowest BCUT2D eigenvalue weighted by atomic mass is 10.2. The predicted octanol–water partition coefficient (Wildman–Crippen LogP) is 2.49. The van der Waals surface area contributed by atoms with Gasteiger partial charge in [0, 0.05) is 11.8 Å². The van der Waals surface area contributed by atoms with Gasteiger partial charge in [0.05, 0.1) is 28.7 Å². The molecule has 0 unspecified atom stereocenters. The summed E-state index contributed by atoms with van der Waals surface area (Å²) in [5, 5.41) is 7.10. The molecule has 0 fully saturated rings. The number of carbonyl (C=O) groups excluding carboxylic acids is 1. The lowest BCUT2D eigenvalue weighted by Crippen LogP contribution is -2.20. The minimum atomic E-state index is -0.184. The quantitative estimate of drug-likeness (QED) is 0.828. The van der Waals surface area contributed by atoms with Crippen molar-refractivity contribution >= 4 is 33.2 Å². The fourth-order valence-corrected chi connectivity index (χ4v) is 2.25. The molecular weight excluding hydrogens is 336 g/mol. The van der Waals surface area contributed by atoms with Crippen LogP contribution in [0.15, 0.2) is 22.7 Å². The highest BCUT2D eigenvalue weighted by Gasteiger charge is 2.13. The van der Waals surface area contributed by atoms with E-state index in [9.17, 15) is 4.79 Å². The summed E-state index contributed by atoms with van der Waals surface area (Å²) in [7, 11) is 1.53. The van der Waals surface area contributed by atoms with E-state index in [1.807, 2.05) is 13.8 Å². The Morgan fingerprint density at radius 1 is 1.48 bits per heavy atom. The maximum absolute atomic E-state index is 12.1. The van der Waals surface area contributed by atoms with Crippen LogP contribution in [0.4, 0.5) is 11.4 Å². The molecule has 1 aromatic carbocycles. The van der Waals surface area contributed by atoms with E-state index < -0.39 is 0 Å². The molecule has 1 amide bonds. The number of halogens is 1. The van der Waals surface area contributed by atoms with Gasteiger partial charge in [-0.15, -0.1) is 0 Å². The van der Waals surface area contributed by atoms with Crippen molar-refractivity contribution in [3.8, 4) is 5.75 Å². The maximum Gasteiger partial charge on any atom is 0.246 e. The zero-order chi connectivity index (χ0) is 15.6. The van der Waals surface area contributed by atoms with Crippen LogP contribution in [0, 0.1) is 13.8 Å². The Balaban J connectivity index is 2.13. The largest absolute Gasteiger partial charge is 0.494 e. The van der Waals surface area contributed by atoms with Gasteiger partial charge in [0.25, 0.3) is 0 Å². The molecule has 2 rings (SSSR count). The van der Waals surface area contributed by atoms with Crippen LogP contribution < -0.4 is 15.8 Å². The second-order valence-corrected chi connectivity index (χ2v) is 5.44. The van der Waals surface area contributed by atoms with E-state index in [1.54, 1.807) is 22.9 Å². The van der Waals surface area contributed by atoms with E-state index in [4.69, 9.17) is 10.5 Å². The van der Waals surface area contributed by atoms with E-state index >= 15 is 0 Å². The van der Waals surface area contributed by atoms with Gasteiger partial charge in [0.1, 0.15) is 12.3 Å². The summed E-state index contributed by atoms with van der Waals surface area (Å²) in [6.07, 6.45) is 0. The van der Waals surface area contributed by atoms with Gasteiger partial charge in [-0.25, -0.2) is 0 Å². The summed E-state index contributed by atoms with van der Waals surface area (Å²) in [5.41, 5.74) is 8.60. The van der Waals surface area contributed by atoms with Gasteiger partial charge in [-0.05, 0) is 41.9 Å². The van der Waals surface area contributed by atoms with Crippen LogP contribution in [-0.2, 0) is 11.3 Å². The first-order chi connectivity index (χ1) is 9.92. The number of nitrogen functional groups attached to an aromatic ring is 1. The molecule has 7 heteroatoms. The molecule has 1 heterocycles. The Hall–Kier alpha value is -2.02. The topological polar surface area (TPSA) is 82.2 Å². The molecule has 0 aliphatic heterocycles. The van der Waals surface area contributed by atoms with Crippen molar-refractivity contribution in [1.82, 2.24) is 9.78 Å². The number of anilines is 2. The van der Waals surface area contributed by atoms with Crippen molar-refractivity contribution in [3.05, 3.63) is 34.1 Å². The first-order valence-corrected chi connectivity index (χ1v) is 7.14. The number of carbonyl (C=O) groups is 1. The van der Waals surface area contributed by atoms with Crippen LogP contribution in [0.2, 0.25) is 0 Å². The zero-order valence-corrected chi connectivity index (χ0v) is 13.7. The van der Waals surface area contributed by atoms with Gasteiger partial charge in [0.2, 0.25) is 5.91 Å². The third-order valence-electron chi connectivity index (χ3n) is 3.09. The molecule has 1 aromatic heterocycles. The van der Waals surface area contributed by atoms with E-state index in [2.05, 4.69) is 26.3 Å². The maximum atomic E-state index is 12.1. The van der Waals surface area contributed by atoms with Crippen molar-refractivity contribution < 1.29 is 9.53 Å². The van der Waals surface area contributed by atoms with Gasteiger partial charge in [-0.1, -0.05) is 0 Å². The Morgan fingerprint density at radius 2 is 2.19 bits per heavy atom. The molecule has 0 spiro atoms. The van der Waals surface area contributed by atoms with Crippen LogP contribution in [0.5, 0.6) is 5.75 Å². The molecule has 2 aromatic rings. The second kappa shape index (κ2) is 6.17. The zero-order valence-electron chi connectivity index (χ0n) is 12.1. The van der Waals surface area contributed by atoms with Crippen LogP contribution in [0.3, 0.4) is 0 Å². The van der Waals surface area contributed by atoms with Crippen LogP contribution in [0.25, 0.3) is 0 Å². The number of ether oxygens (including phenoxy) is 1. The van der Waals surface area contributed by atoms with Gasteiger partial charge in [0.15, 0.2) is 0 Å². The monoisotopic (exact) mass is 352 g/mol. The number of hydrogen-bond donors (Lipinski definition) is 2. The SMILES string of the molecule is COc1cc(N)ccc1NC(=O)Cn1nc(C)c(Br)c1C. The number of nitrogens with two attached hydrogens (primary N) is 1. The van der Waals surface area contributed by atoms with Crippen molar-refractivity contribution in [2.45, 2.75) is 20.4 Å². The number of hydrogen-bond acceptors (Lipinski definition) is 4. The predicted molar refractivity (Wildman–Crippen MR) is 85.4 cm³/mol. The fourth-order valence-electron chi connectivity index (χ4n) is 1.97. The van der Waals surface area contributed by atoms with Crippen LogP contribution in [-0.4, -0.2) is 22.8 Å². The molecule has 0 atom stereocenters. The number of aryl methyl sites for hydroxylation is 1. The van der Waals surface area contributed by atoms with Crippen LogP contribution >= 0.6 is 15.9 Å². The number of nitrogens with one attached hydrogen (secondary N) is 1. The Morgan fingerprint density at radius 3 is 2.76 bits per heavy atom. The van der Waals surface area contributed by atoms with Crippen molar-refractivity contribution in [2.75, 3.05) is 18.2 Å². The number of nitrogens with zero attached hydrogens (tertiary/aromatic N) is 2. The number of aromatic nitrogens is 2. The average Bonchev–Trinajstić information content (AvgIpc) is 2.68. The summed E-state index contributed by atoms with van der Waals surface area (Å²) in [6.45, 7) is 3.92. The minimum absolute atomic E-state index is 0.131. The summed E-state index contributed by atoms with van der Waals surface area (Å²) in [5.74, 6) is 0.342. The molecule has 0 aliphatic rings. The standard InChI is InChI=1S/C14H17BrN4O2/c1-8-14(15)9(2)19(18-8)7-13(20)17-11-5-4-10(16)6-12(11)21-3/h4-6H,7,16H2,1-3H3,(H,17,20). The molecule has 21 heavy (non-hydrogen) atoms. The molecule has 0 saturated carbocycles. The molecular formula is C14H17BrN4O2. The number of methoxy groups -OCH3 is 1. The van der Waals surface area contributed by atoms with Gasteiger partial charge < -0.3 is 15.8 Å². The summed E-state index contributed by atoms with van der Waals surface area (Å²) < 4.78 is 7.77. The lowest BCUT2D eigenvalue weighted by molar-refractivity contribution is -0.116.